The van der Waals surface area contributed by atoms with E-state index in [9.17, 15) is 0 Å². The Hall–Kier alpha value is -1.99. The van der Waals surface area contributed by atoms with Gasteiger partial charge in [0.05, 0.1) is 5.02 Å². The Balaban J connectivity index is 1.79. The Labute approximate surface area is 180 Å². The molecule has 0 aliphatic carbocycles. The molecule has 1 atom stereocenters. The van der Waals surface area contributed by atoms with Crippen molar-refractivity contribution in [2.75, 3.05) is 5.73 Å². The van der Waals surface area contributed by atoms with E-state index in [-0.39, 0.29) is 0 Å². The fourth-order valence-electron chi connectivity index (χ4n) is 2.79. The maximum atomic E-state index is 6.80. The number of fused-ring (bicyclic) bond motifs is 1. The molecular weight excluding hydrogens is 437 g/mol. The molecule has 0 aliphatic heterocycles. The third kappa shape index (κ3) is 3.91. The normalized spacial score (nSPS) is 12.4. The van der Waals surface area contributed by atoms with Crippen molar-refractivity contribution >= 4 is 63.5 Å². The molecule has 0 radical (unpaired) electrons. The lowest BCUT2D eigenvalue weighted by Gasteiger charge is -2.15. The molecule has 28 heavy (non-hydrogen) atoms. The molecule has 0 amide bonds. The summed E-state index contributed by atoms with van der Waals surface area (Å²) in [6.07, 6.45) is 2.01. The number of benzene rings is 2. The van der Waals surface area contributed by atoms with Crippen LogP contribution in [0, 0.1) is 0 Å². The monoisotopic (exact) mass is 449 g/mol. The van der Waals surface area contributed by atoms with E-state index in [1.807, 2.05) is 41.0 Å². The summed E-state index contributed by atoms with van der Waals surface area (Å²) in [5.74, 6) is 0.302. The lowest BCUT2D eigenvalue weighted by Crippen LogP contribution is -2.08. The molecule has 4 rings (SSSR count). The van der Waals surface area contributed by atoms with Crippen LogP contribution >= 0.6 is 46.6 Å². The second-order valence-corrected chi connectivity index (χ2v) is 8.35. The first-order valence-corrected chi connectivity index (χ1v) is 10.3. The number of aromatic nitrogens is 4. The number of halogens is 3. The summed E-state index contributed by atoms with van der Waals surface area (Å²) in [4.78, 5) is 13.8. The van der Waals surface area contributed by atoms with Gasteiger partial charge in [-0.2, -0.15) is 0 Å². The molecular formula is C19H14Cl3N5S. The van der Waals surface area contributed by atoms with Gasteiger partial charge in [-0.3, -0.25) is 4.57 Å². The number of nitrogens with zero attached hydrogens (tertiary/aromatic N) is 4. The van der Waals surface area contributed by atoms with Crippen LogP contribution < -0.4 is 5.73 Å². The van der Waals surface area contributed by atoms with Crippen LogP contribution in [-0.4, -0.2) is 19.5 Å². The van der Waals surface area contributed by atoms with E-state index < -0.39 is 5.50 Å². The summed E-state index contributed by atoms with van der Waals surface area (Å²) >= 11 is 20.5. The SMILES string of the molecule is Nc1ncnc2c1nc(Sc1ccc(Cl)cc1Cl)n2C(Cl)Cc1ccccc1. The number of anilines is 1. The number of hydrogen-bond donors (Lipinski definition) is 1. The first-order valence-electron chi connectivity index (χ1n) is 8.32. The highest BCUT2D eigenvalue weighted by molar-refractivity contribution is 7.99. The van der Waals surface area contributed by atoms with E-state index in [1.54, 1.807) is 12.1 Å². The number of rotatable bonds is 5. The summed E-state index contributed by atoms with van der Waals surface area (Å²) in [6.45, 7) is 0. The van der Waals surface area contributed by atoms with Gasteiger partial charge in [-0.1, -0.05) is 65.1 Å². The largest absolute Gasteiger partial charge is 0.382 e. The summed E-state index contributed by atoms with van der Waals surface area (Å²) in [5, 5.41) is 1.73. The summed E-state index contributed by atoms with van der Waals surface area (Å²) in [5.41, 5.74) is 7.78. The van der Waals surface area contributed by atoms with Crippen molar-refractivity contribution in [2.24, 2.45) is 0 Å². The smallest absolute Gasteiger partial charge is 0.176 e. The predicted molar refractivity (Wildman–Crippen MR) is 115 cm³/mol. The van der Waals surface area contributed by atoms with Crippen LogP contribution in [0.2, 0.25) is 10.0 Å². The van der Waals surface area contributed by atoms with Gasteiger partial charge in [-0.15, -0.1) is 0 Å². The van der Waals surface area contributed by atoms with Gasteiger partial charge in [0.1, 0.15) is 11.8 Å². The number of hydrogen-bond acceptors (Lipinski definition) is 5. The van der Waals surface area contributed by atoms with Crippen LogP contribution in [0.15, 0.2) is 64.9 Å². The summed E-state index contributed by atoms with van der Waals surface area (Å²) in [6, 6.07) is 15.3. The average Bonchev–Trinajstić information content (AvgIpc) is 3.04. The Morgan fingerprint density at radius 1 is 1.07 bits per heavy atom. The van der Waals surface area contributed by atoms with Crippen molar-refractivity contribution in [3.05, 3.63) is 70.5 Å². The fourth-order valence-corrected chi connectivity index (χ4v) is 4.67. The summed E-state index contributed by atoms with van der Waals surface area (Å²) in [7, 11) is 0. The van der Waals surface area contributed by atoms with Gasteiger partial charge in [0, 0.05) is 16.3 Å². The molecule has 0 fully saturated rings. The first kappa shape index (κ1) is 19.3. The highest BCUT2D eigenvalue weighted by atomic mass is 35.5. The van der Waals surface area contributed by atoms with Gasteiger partial charge in [0.25, 0.3) is 0 Å². The molecule has 1 unspecified atom stereocenters. The van der Waals surface area contributed by atoms with Gasteiger partial charge < -0.3 is 5.73 Å². The minimum Gasteiger partial charge on any atom is -0.382 e. The zero-order valence-corrected chi connectivity index (χ0v) is 17.5. The Morgan fingerprint density at radius 3 is 2.61 bits per heavy atom. The molecule has 2 aromatic carbocycles. The third-order valence-corrected chi connectivity index (χ3v) is 6.15. The maximum absolute atomic E-state index is 6.80. The van der Waals surface area contributed by atoms with Gasteiger partial charge >= 0.3 is 0 Å². The van der Waals surface area contributed by atoms with Gasteiger partial charge in [0.15, 0.2) is 22.1 Å². The molecule has 2 heterocycles. The third-order valence-electron chi connectivity index (χ3n) is 4.10. The minimum absolute atomic E-state index is 0.302. The molecule has 0 bridgehead atoms. The zero-order valence-electron chi connectivity index (χ0n) is 14.4. The van der Waals surface area contributed by atoms with Crippen molar-refractivity contribution < 1.29 is 0 Å². The standard InChI is InChI=1S/C19H14Cl3N5S/c20-12-6-7-14(13(21)9-12)28-19-26-16-17(23)24-10-25-18(16)27(19)15(22)8-11-4-2-1-3-5-11/h1-7,9-10,15H,8H2,(H2,23,24,25). The van der Waals surface area contributed by atoms with Crippen molar-refractivity contribution in [1.82, 2.24) is 19.5 Å². The van der Waals surface area contributed by atoms with E-state index in [4.69, 9.17) is 40.5 Å². The topological polar surface area (TPSA) is 69.6 Å². The molecule has 142 valence electrons. The van der Waals surface area contributed by atoms with E-state index in [0.29, 0.717) is 38.6 Å². The molecule has 0 saturated carbocycles. The van der Waals surface area contributed by atoms with E-state index in [0.717, 1.165) is 10.5 Å². The number of nitrogen functional groups attached to an aromatic ring is 1. The van der Waals surface area contributed by atoms with E-state index in [1.165, 1.54) is 18.1 Å². The highest BCUT2D eigenvalue weighted by Crippen LogP contribution is 2.38. The molecule has 5 nitrogen and oxygen atoms in total. The Morgan fingerprint density at radius 2 is 1.86 bits per heavy atom. The Kier molecular flexibility index (Phi) is 5.64. The van der Waals surface area contributed by atoms with Crippen LogP contribution in [0.5, 0.6) is 0 Å². The Bertz CT molecular complexity index is 1130. The van der Waals surface area contributed by atoms with Crippen molar-refractivity contribution in [2.45, 2.75) is 22.0 Å². The maximum Gasteiger partial charge on any atom is 0.176 e. The molecule has 9 heteroatoms. The predicted octanol–water partition coefficient (Wildman–Crippen LogP) is 5.85. The molecule has 4 aromatic rings. The van der Waals surface area contributed by atoms with Crippen molar-refractivity contribution in [3.8, 4) is 0 Å². The number of imidazole rings is 1. The van der Waals surface area contributed by atoms with Crippen LogP contribution in [0.1, 0.15) is 11.1 Å². The zero-order chi connectivity index (χ0) is 19.7. The molecule has 0 aliphatic rings. The quantitative estimate of drug-likeness (QED) is 0.386. The lowest BCUT2D eigenvalue weighted by atomic mass is 10.1. The van der Waals surface area contributed by atoms with Crippen LogP contribution in [0.25, 0.3) is 11.2 Å². The molecule has 0 saturated heterocycles. The fraction of sp³-hybridized carbons (Fsp3) is 0.105. The van der Waals surface area contributed by atoms with Gasteiger partial charge in [-0.25, -0.2) is 15.0 Å². The number of nitrogens with two attached hydrogens (primary N) is 1. The lowest BCUT2D eigenvalue weighted by molar-refractivity contribution is 0.619. The van der Waals surface area contributed by atoms with E-state index >= 15 is 0 Å². The van der Waals surface area contributed by atoms with Crippen LogP contribution in [0.4, 0.5) is 5.82 Å². The minimum atomic E-state index is -0.421. The van der Waals surface area contributed by atoms with Crippen LogP contribution in [0.3, 0.4) is 0 Å². The second-order valence-electron chi connectivity index (χ2n) is 6.00. The second kappa shape index (κ2) is 8.17. The van der Waals surface area contributed by atoms with E-state index in [2.05, 4.69) is 15.0 Å². The average molecular weight is 451 g/mol. The summed E-state index contributed by atoms with van der Waals surface area (Å²) < 4.78 is 1.86. The molecule has 2 N–H and O–H groups in total. The molecule has 0 spiro atoms. The highest BCUT2D eigenvalue weighted by Gasteiger charge is 2.22. The van der Waals surface area contributed by atoms with Crippen molar-refractivity contribution in [1.29, 1.82) is 0 Å². The van der Waals surface area contributed by atoms with Gasteiger partial charge in [-0.05, 0) is 35.5 Å². The van der Waals surface area contributed by atoms with Gasteiger partial charge in [0.2, 0.25) is 0 Å². The number of alkyl halides is 1. The van der Waals surface area contributed by atoms with Crippen molar-refractivity contribution in [3.63, 3.8) is 0 Å². The van der Waals surface area contributed by atoms with Crippen LogP contribution in [-0.2, 0) is 6.42 Å². The molecule has 2 aromatic heterocycles. The first-order chi connectivity index (χ1) is 13.5.